The van der Waals surface area contributed by atoms with Gasteiger partial charge in [-0.1, -0.05) is 6.92 Å². The van der Waals surface area contributed by atoms with E-state index in [0.29, 0.717) is 18.7 Å². The van der Waals surface area contributed by atoms with Crippen LogP contribution >= 0.6 is 11.8 Å². The number of rotatable bonds is 3. The van der Waals surface area contributed by atoms with Crippen LogP contribution in [-0.4, -0.2) is 34.8 Å². The van der Waals surface area contributed by atoms with E-state index in [1.54, 1.807) is 11.8 Å². The molecule has 74 valence electrons. The van der Waals surface area contributed by atoms with Gasteiger partial charge in [0.2, 0.25) is 11.8 Å². The lowest BCUT2D eigenvalue weighted by molar-refractivity contribution is -0.144. The topological polar surface area (TPSA) is 37.4 Å². The summed E-state index contributed by atoms with van der Waals surface area (Å²) in [6.45, 7) is 2.64. The molecule has 1 saturated heterocycles. The van der Waals surface area contributed by atoms with Gasteiger partial charge in [-0.05, 0) is 18.6 Å². The van der Waals surface area contributed by atoms with Crippen molar-refractivity contribution in [3.63, 3.8) is 0 Å². The second kappa shape index (κ2) is 5.27. The zero-order chi connectivity index (χ0) is 9.68. The highest BCUT2D eigenvalue weighted by Crippen LogP contribution is 2.12. The molecule has 1 fully saturated rings. The molecule has 0 bridgehead atoms. The number of nitrogens with zero attached hydrogens (tertiary/aromatic N) is 1. The van der Waals surface area contributed by atoms with Gasteiger partial charge in [0, 0.05) is 13.0 Å². The first-order valence-corrected chi connectivity index (χ1v) is 5.82. The molecule has 1 aliphatic rings. The summed E-state index contributed by atoms with van der Waals surface area (Å²) in [6, 6.07) is 0. The van der Waals surface area contributed by atoms with Gasteiger partial charge in [-0.2, -0.15) is 11.8 Å². The molecular formula is C9H15NO2S. The third kappa shape index (κ3) is 3.03. The molecule has 1 heterocycles. The molecule has 0 aromatic rings. The third-order valence-corrected chi connectivity index (χ3v) is 2.91. The molecule has 4 heteroatoms. The molecular weight excluding hydrogens is 186 g/mol. The monoisotopic (exact) mass is 201 g/mol. The van der Waals surface area contributed by atoms with Gasteiger partial charge in [-0.15, -0.1) is 0 Å². The largest absolute Gasteiger partial charge is 0.282 e. The maximum Gasteiger partial charge on any atom is 0.239 e. The molecule has 13 heavy (non-hydrogen) atoms. The number of hydrogen-bond acceptors (Lipinski definition) is 3. The molecule has 0 spiro atoms. The lowest BCUT2D eigenvalue weighted by atomic mass is 10.1. The molecule has 0 aromatic heterocycles. The van der Waals surface area contributed by atoms with E-state index in [4.69, 9.17) is 0 Å². The van der Waals surface area contributed by atoms with E-state index in [1.165, 1.54) is 4.90 Å². The zero-order valence-electron chi connectivity index (χ0n) is 7.91. The Kier molecular flexibility index (Phi) is 4.28. The lowest BCUT2D eigenvalue weighted by Gasteiger charge is -2.24. The van der Waals surface area contributed by atoms with Gasteiger partial charge in [0.05, 0.1) is 5.75 Å². The molecule has 1 aliphatic heterocycles. The summed E-state index contributed by atoms with van der Waals surface area (Å²) in [5.74, 6) is 1.36. The van der Waals surface area contributed by atoms with Crippen molar-refractivity contribution in [1.82, 2.24) is 4.90 Å². The standard InChI is InChI=1S/C9H15NO2S/c1-2-13-7-9(12)10-6-4-3-5-8(10)11/h2-7H2,1H3. The molecule has 2 amide bonds. The molecule has 3 nitrogen and oxygen atoms in total. The Morgan fingerprint density at radius 3 is 2.92 bits per heavy atom. The second-order valence-electron chi connectivity index (χ2n) is 3.03. The van der Waals surface area contributed by atoms with Crippen molar-refractivity contribution in [3.05, 3.63) is 0 Å². The van der Waals surface area contributed by atoms with Crippen LogP contribution < -0.4 is 0 Å². The normalized spacial score (nSPS) is 17.6. The van der Waals surface area contributed by atoms with E-state index in [-0.39, 0.29) is 11.8 Å². The highest BCUT2D eigenvalue weighted by Gasteiger charge is 2.23. The predicted octanol–water partition coefficient (Wildman–Crippen LogP) is 1.28. The summed E-state index contributed by atoms with van der Waals surface area (Å²) in [5, 5.41) is 0. The van der Waals surface area contributed by atoms with Gasteiger partial charge in [0.25, 0.3) is 0 Å². The Bertz CT molecular complexity index is 206. The number of piperidine rings is 1. The summed E-state index contributed by atoms with van der Waals surface area (Å²) < 4.78 is 0. The van der Waals surface area contributed by atoms with Crippen molar-refractivity contribution < 1.29 is 9.59 Å². The Balaban J connectivity index is 2.39. The molecule has 0 saturated carbocycles. The van der Waals surface area contributed by atoms with Gasteiger partial charge >= 0.3 is 0 Å². The van der Waals surface area contributed by atoms with Crippen molar-refractivity contribution in [2.75, 3.05) is 18.1 Å². The number of carbonyl (C=O) groups is 2. The molecule has 0 N–H and O–H groups in total. The van der Waals surface area contributed by atoms with Crippen molar-refractivity contribution >= 4 is 23.6 Å². The molecule has 0 aliphatic carbocycles. The van der Waals surface area contributed by atoms with Crippen LogP contribution in [0.3, 0.4) is 0 Å². The number of amides is 2. The first-order valence-electron chi connectivity index (χ1n) is 4.66. The van der Waals surface area contributed by atoms with E-state index in [9.17, 15) is 9.59 Å². The van der Waals surface area contributed by atoms with Crippen LogP contribution in [0.2, 0.25) is 0 Å². The summed E-state index contributed by atoms with van der Waals surface area (Å²) in [7, 11) is 0. The fraction of sp³-hybridized carbons (Fsp3) is 0.778. The maximum absolute atomic E-state index is 11.5. The Morgan fingerprint density at radius 2 is 2.31 bits per heavy atom. The average molecular weight is 201 g/mol. The van der Waals surface area contributed by atoms with Crippen molar-refractivity contribution in [1.29, 1.82) is 0 Å². The number of likely N-dealkylation sites (tertiary alicyclic amines) is 1. The molecule has 0 atom stereocenters. The number of hydrogen-bond donors (Lipinski definition) is 0. The van der Waals surface area contributed by atoms with Crippen molar-refractivity contribution in [3.8, 4) is 0 Å². The molecule has 0 aromatic carbocycles. The Labute approximate surface area is 82.9 Å². The number of carbonyl (C=O) groups excluding carboxylic acids is 2. The minimum atomic E-state index is -0.0171. The fourth-order valence-corrected chi connectivity index (χ4v) is 1.87. The minimum Gasteiger partial charge on any atom is -0.282 e. The van der Waals surface area contributed by atoms with Gasteiger partial charge in [-0.3, -0.25) is 14.5 Å². The van der Waals surface area contributed by atoms with E-state index >= 15 is 0 Å². The van der Waals surface area contributed by atoms with Crippen LogP contribution in [-0.2, 0) is 9.59 Å². The number of thioether (sulfide) groups is 1. The maximum atomic E-state index is 11.5. The van der Waals surface area contributed by atoms with Crippen molar-refractivity contribution in [2.45, 2.75) is 26.2 Å². The smallest absolute Gasteiger partial charge is 0.239 e. The van der Waals surface area contributed by atoms with Gasteiger partial charge in [0.1, 0.15) is 0 Å². The first-order chi connectivity index (χ1) is 6.25. The van der Waals surface area contributed by atoms with E-state index in [1.807, 2.05) is 6.92 Å². The predicted molar refractivity (Wildman–Crippen MR) is 53.6 cm³/mol. The number of imide groups is 1. The van der Waals surface area contributed by atoms with Crippen LogP contribution in [0.15, 0.2) is 0 Å². The first kappa shape index (κ1) is 10.6. The summed E-state index contributed by atoms with van der Waals surface area (Å²) in [5.41, 5.74) is 0. The van der Waals surface area contributed by atoms with Crippen LogP contribution in [0.25, 0.3) is 0 Å². The van der Waals surface area contributed by atoms with E-state index < -0.39 is 0 Å². The molecule has 0 unspecified atom stereocenters. The lowest BCUT2D eigenvalue weighted by Crippen LogP contribution is -2.41. The minimum absolute atomic E-state index is 0.00736. The highest BCUT2D eigenvalue weighted by molar-refractivity contribution is 7.99. The van der Waals surface area contributed by atoms with Gasteiger partial charge in [-0.25, -0.2) is 0 Å². The SMILES string of the molecule is CCSCC(=O)N1CCCCC1=O. The van der Waals surface area contributed by atoms with E-state index in [2.05, 4.69) is 0 Å². The summed E-state index contributed by atoms with van der Waals surface area (Å²) in [6.07, 6.45) is 2.44. The third-order valence-electron chi connectivity index (χ3n) is 2.05. The van der Waals surface area contributed by atoms with Gasteiger partial charge in [0.15, 0.2) is 0 Å². The zero-order valence-corrected chi connectivity index (χ0v) is 8.73. The van der Waals surface area contributed by atoms with Crippen LogP contribution in [0.1, 0.15) is 26.2 Å². The quantitative estimate of drug-likeness (QED) is 0.690. The molecule has 0 radical (unpaired) electrons. The Hall–Kier alpha value is -0.510. The second-order valence-corrected chi connectivity index (χ2v) is 4.31. The van der Waals surface area contributed by atoms with E-state index in [0.717, 1.165) is 18.6 Å². The molecule has 1 rings (SSSR count). The average Bonchev–Trinajstić information content (AvgIpc) is 2.15. The summed E-state index contributed by atoms with van der Waals surface area (Å²) >= 11 is 1.57. The fourth-order valence-electron chi connectivity index (χ4n) is 1.34. The van der Waals surface area contributed by atoms with Gasteiger partial charge < -0.3 is 0 Å². The Morgan fingerprint density at radius 1 is 1.54 bits per heavy atom. The summed E-state index contributed by atoms with van der Waals surface area (Å²) in [4.78, 5) is 24.2. The van der Waals surface area contributed by atoms with Crippen LogP contribution in [0, 0.1) is 0 Å². The highest BCUT2D eigenvalue weighted by atomic mass is 32.2. The van der Waals surface area contributed by atoms with Crippen molar-refractivity contribution in [2.24, 2.45) is 0 Å². The van der Waals surface area contributed by atoms with Crippen LogP contribution in [0.5, 0.6) is 0 Å². The van der Waals surface area contributed by atoms with Crippen LogP contribution in [0.4, 0.5) is 0 Å².